The molecule has 4 fully saturated rings. The summed E-state index contributed by atoms with van der Waals surface area (Å²) in [6.45, 7) is 4.95. The van der Waals surface area contributed by atoms with Gasteiger partial charge in [0, 0.05) is 6.42 Å². The third-order valence-electron chi connectivity index (χ3n) is 5.31. The number of rotatable bonds is 2. The van der Waals surface area contributed by atoms with Crippen molar-refractivity contribution in [3.05, 3.63) is 0 Å². The number of hydrogen-bond donors (Lipinski definition) is 2. The molecule has 2 heteroatoms. The van der Waals surface area contributed by atoms with E-state index in [2.05, 4.69) is 13.8 Å². The molecule has 0 aliphatic heterocycles. The number of hydrogen-bond acceptors (Lipinski definition) is 1. The monoisotopic (exact) mass is 220 g/mol. The van der Waals surface area contributed by atoms with Crippen molar-refractivity contribution in [2.24, 2.45) is 27.9 Å². The Balaban J connectivity index is 1.95. The van der Waals surface area contributed by atoms with Crippen molar-refractivity contribution in [2.45, 2.75) is 58.8 Å². The molecule has 0 aromatic heterocycles. The van der Waals surface area contributed by atoms with Gasteiger partial charge in [0.15, 0.2) is 0 Å². The molecular formula is C14H24N2. The van der Waals surface area contributed by atoms with Gasteiger partial charge in [0.05, 0.1) is 5.84 Å². The molecule has 16 heavy (non-hydrogen) atoms. The topological polar surface area (TPSA) is 49.9 Å². The highest BCUT2D eigenvalue weighted by Gasteiger charge is 2.59. The van der Waals surface area contributed by atoms with Crippen LogP contribution in [0.5, 0.6) is 0 Å². The maximum Gasteiger partial charge on any atom is 0.0910 e. The number of nitrogens with one attached hydrogen (secondary N) is 1. The predicted octanol–water partition coefficient (Wildman–Crippen LogP) is 3.31. The van der Waals surface area contributed by atoms with Gasteiger partial charge < -0.3 is 5.73 Å². The second-order valence-electron chi connectivity index (χ2n) is 7.83. The smallest absolute Gasteiger partial charge is 0.0910 e. The maximum absolute atomic E-state index is 7.63. The van der Waals surface area contributed by atoms with Crippen LogP contribution in [0.3, 0.4) is 0 Å². The van der Waals surface area contributed by atoms with E-state index in [1.54, 1.807) is 0 Å². The van der Waals surface area contributed by atoms with Gasteiger partial charge in [0.25, 0.3) is 0 Å². The third-order valence-corrected chi connectivity index (χ3v) is 5.31. The second-order valence-corrected chi connectivity index (χ2v) is 7.83. The number of nitrogens with two attached hydrogens (primary N) is 1. The molecular weight excluding hydrogens is 196 g/mol. The quantitative estimate of drug-likeness (QED) is 0.544. The Morgan fingerprint density at radius 1 is 1.12 bits per heavy atom. The molecule has 4 aliphatic carbocycles. The van der Waals surface area contributed by atoms with E-state index >= 15 is 0 Å². The highest BCUT2D eigenvalue weighted by Crippen LogP contribution is 2.70. The summed E-state index contributed by atoms with van der Waals surface area (Å²) in [6, 6.07) is 0. The Morgan fingerprint density at radius 2 is 1.69 bits per heavy atom. The van der Waals surface area contributed by atoms with Crippen LogP contribution in [0.2, 0.25) is 0 Å². The minimum absolute atomic E-state index is 0.398. The van der Waals surface area contributed by atoms with Gasteiger partial charge in [-0.05, 0) is 60.7 Å². The summed E-state index contributed by atoms with van der Waals surface area (Å²) in [4.78, 5) is 0. The lowest BCUT2D eigenvalue weighted by molar-refractivity contribution is -0.141. The van der Waals surface area contributed by atoms with E-state index in [-0.39, 0.29) is 0 Å². The van der Waals surface area contributed by atoms with Crippen LogP contribution in [0.4, 0.5) is 0 Å². The van der Waals surface area contributed by atoms with E-state index in [1.807, 2.05) is 0 Å². The fraction of sp³-hybridized carbons (Fsp3) is 0.929. The van der Waals surface area contributed by atoms with Crippen molar-refractivity contribution in [3.63, 3.8) is 0 Å². The SMILES string of the molecule is CC12CC3CC(C)(C1)CC(CC(=N)N)(C3)C2. The minimum atomic E-state index is 0.398. The van der Waals surface area contributed by atoms with Gasteiger partial charge in [-0.3, -0.25) is 5.41 Å². The van der Waals surface area contributed by atoms with E-state index in [0.717, 1.165) is 12.3 Å². The summed E-state index contributed by atoms with van der Waals surface area (Å²) in [5, 5.41) is 7.63. The predicted molar refractivity (Wildman–Crippen MR) is 66.4 cm³/mol. The Kier molecular flexibility index (Phi) is 1.88. The Labute approximate surface area is 98.5 Å². The van der Waals surface area contributed by atoms with Crippen LogP contribution >= 0.6 is 0 Å². The standard InChI is InChI=1S/C14H24N2/c1-12-3-10-4-13(2,7-12)9-14(5-10,8-12)6-11(15)16/h10H,3-9H2,1-2H3,(H3,15,16). The van der Waals surface area contributed by atoms with Crippen LogP contribution in [0.1, 0.15) is 58.8 Å². The average molecular weight is 220 g/mol. The molecule has 0 saturated heterocycles. The Morgan fingerprint density at radius 3 is 2.12 bits per heavy atom. The lowest BCUT2D eigenvalue weighted by Crippen LogP contribution is -2.55. The zero-order valence-corrected chi connectivity index (χ0v) is 10.6. The van der Waals surface area contributed by atoms with Crippen molar-refractivity contribution in [2.75, 3.05) is 0 Å². The summed E-state index contributed by atoms with van der Waals surface area (Å²) in [7, 11) is 0. The molecule has 4 bridgehead atoms. The third kappa shape index (κ3) is 1.49. The van der Waals surface area contributed by atoms with Gasteiger partial charge in [-0.25, -0.2) is 0 Å². The van der Waals surface area contributed by atoms with E-state index < -0.39 is 0 Å². The number of amidine groups is 1. The lowest BCUT2D eigenvalue weighted by atomic mass is 9.40. The first-order chi connectivity index (χ1) is 7.32. The first kappa shape index (κ1) is 10.6. The molecule has 4 aliphatic rings. The molecule has 0 heterocycles. The van der Waals surface area contributed by atoms with Crippen LogP contribution in [-0.2, 0) is 0 Å². The van der Waals surface area contributed by atoms with E-state index in [0.29, 0.717) is 22.1 Å². The fourth-order valence-electron chi connectivity index (χ4n) is 6.29. The molecule has 0 spiro atoms. The minimum Gasteiger partial charge on any atom is -0.388 e. The second kappa shape index (κ2) is 2.83. The van der Waals surface area contributed by atoms with Crippen molar-refractivity contribution in [1.29, 1.82) is 5.41 Å². The summed E-state index contributed by atoms with van der Waals surface area (Å²) >= 11 is 0. The maximum atomic E-state index is 7.63. The molecule has 4 saturated carbocycles. The average Bonchev–Trinajstić information content (AvgIpc) is 1.91. The van der Waals surface area contributed by atoms with Gasteiger partial charge in [0.1, 0.15) is 0 Å². The van der Waals surface area contributed by atoms with Gasteiger partial charge in [-0.2, -0.15) is 0 Å². The molecule has 0 radical (unpaired) electrons. The van der Waals surface area contributed by atoms with Gasteiger partial charge in [-0.15, -0.1) is 0 Å². The van der Waals surface area contributed by atoms with E-state index in [9.17, 15) is 0 Å². The molecule has 2 unspecified atom stereocenters. The molecule has 2 atom stereocenters. The zero-order valence-electron chi connectivity index (χ0n) is 10.6. The van der Waals surface area contributed by atoms with Crippen LogP contribution in [0.25, 0.3) is 0 Å². The van der Waals surface area contributed by atoms with E-state index in [4.69, 9.17) is 11.1 Å². The molecule has 2 nitrogen and oxygen atoms in total. The van der Waals surface area contributed by atoms with Crippen molar-refractivity contribution < 1.29 is 0 Å². The normalized spacial score (nSPS) is 54.2. The fourth-order valence-corrected chi connectivity index (χ4v) is 6.29. The van der Waals surface area contributed by atoms with Gasteiger partial charge >= 0.3 is 0 Å². The van der Waals surface area contributed by atoms with Crippen LogP contribution in [0.15, 0.2) is 0 Å². The van der Waals surface area contributed by atoms with Crippen molar-refractivity contribution >= 4 is 5.84 Å². The molecule has 4 rings (SSSR count). The van der Waals surface area contributed by atoms with E-state index in [1.165, 1.54) is 38.5 Å². The summed E-state index contributed by atoms with van der Waals surface area (Å²) < 4.78 is 0. The van der Waals surface area contributed by atoms with Crippen LogP contribution in [0, 0.1) is 27.6 Å². The largest absolute Gasteiger partial charge is 0.388 e. The first-order valence-electron chi connectivity index (χ1n) is 6.65. The summed E-state index contributed by atoms with van der Waals surface area (Å²) in [6.07, 6.45) is 9.13. The molecule has 0 aromatic rings. The Bertz CT molecular complexity index is 329. The highest BCUT2D eigenvalue weighted by molar-refractivity contribution is 5.77. The van der Waals surface area contributed by atoms with Crippen LogP contribution in [-0.4, -0.2) is 5.84 Å². The first-order valence-corrected chi connectivity index (χ1v) is 6.65. The summed E-state index contributed by atoms with van der Waals surface area (Å²) in [5.41, 5.74) is 7.20. The van der Waals surface area contributed by atoms with Gasteiger partial charge in [-0.1, -0.05) is 13.8 Å². The van der Waals surface area contributed by atoms with Crippen LogP contribution < -0.4 is 5.73 Å². The zero-order chi connectivity index (χ0) is 11.6. The molecule has 0 amide bonds. The molecule has 90 valence electrons. The lowest BCUT2D eigenvalue weighted by Gasteiger charge is -2.65. The molecule has 0 aromatic carbocycles. The summed E-state index contributed by atoms with van der Waals surface area (Å²) in [5.74, 6) is 1.33. The van der Waals surface area contributed by atoms with Crippen molar-refractivity contribution in [3.8, 4) is 0 Å². The highest BCUT2D eigenvalue weighted by atomic mass is 14.7. The molecule has 3 N–H and O–H groups in total. The van der Waals surface area contributed by atoms with Crippen molar-refractivity contribution in [1.82, 2.24) is 0 Å². The Hall–Kier alpha value is -0.530. The van der Waals surface area contributed by atoms with Gasteiger partial charge in [0.2, 0.25) is 0 Å².